The van der Waals surface area contributed by atoms with E-state index in [1.165, 1.54) is 25.7 Å². The largest absolute Gasteiger partial charge is 0.370 e. The molecular weight excluding hydrogens is 236 g/mol. The number of nitrogens with zero attached hydrogens (tertiary/aromatic N) is 3. The Morgan fingerprint density at radius 1 is 1.26 bits per heavy atom. The zero-order valence-corrected chi connectivity index (χ0v) is 12.4. The molecular formula is C15H26N4. The van der Waals surface area contributed by atoms with Gasteiger partial charge in [0, 0.05) is 32.1 Å². The third kappa shape index (κ3) is 4.08. The van der Waals surface area contributed by atoms with Gasteiger partial charge in [-0.25, -0.2) is 9.97 Å². The van der Waals surface area contributed by atoms with Crippen molar-refractivity contribution in [2.24, 2.45) is 0 Å². The lowest BCUT2D eigenvalue weighted by molar-refractivity contribution is 0.753. The Morgan fingerprint density at radius 2 is 2.05 bits per heavy atom. The van der Waals surface area contributed by atoms with Crippen LogP contribution in [0.2, 0.25) is 0 Å². The van der Waals surface area contributed by atoms with Crippen LogP contribution in [0.1, 0.15) is 57.7 Å². The van der Waals surface area contributed by atoms with Crippen LogP contribution in [0.25, 0.3) is 0 Å². The summed E-state index contributed by atoms with van der Waals surface area (Å²) in [5, 5.41) is 3.39. The van der Waals surface area contributed by atoms with E-state index in [-0.39, 0.29) is 0 Å². The number of rotatable bonds is 8. The minimum atomic E-state index is 0.599. The molecule has 0 unspecified atom stereocenters. The molecule has 1 aromatic heterocycles. The van der Waals surface area contributed by atoms with E-state index >= 15 is 0 Å². The van der Waals surface area contributed by atoms with Gasteiger partial charge in [0.05, 0.1) is 0 Å². The molecule has 0 aromatic carbocycles. The second kappa shape index (κ2) is 6.73. The number of hydrogen-bond donors (Lipinski definition) is 1. The van der Waals surface area contributed by atoms with Crippen molar-refractivity contribution in [2.75, 3.05) is 30.4 Å². The van der Waals surface area contributed by atoms with E-state index in [9.17, 15) is 0 Å². The van der Waals surface area contributed by atoms with Crippen molar-refractivity contribution in [1.82, 2.24) is 9.97 Å². The lowest BCUT2D eigenvalue weighted by Crippen LogP contribution is -2.21. The van der Waals surface area contributed by atoms with Crippen LogP contribution in [0.4, 0.5) is 11.6 Å². The lowest BCUT2D eigenvalue weighted by Gasteiger charge is -2.19. The van der Waals surface area contributed by atoms with Crippen molar-refractivity contribution < 1.29 is 0 Å². The van der Waals surface area contributed by atoms with Gasteiger partial charge in [-0.1, -0.05) is 20.3 Å². The molecule has 0 amide bonds. The first-order chi connectivity index (χ1) is 9.24. The molecule has 0 bridgehead atoms. The monoisotopic (exact) mass is 262 g/mol. The van der Waals surface area contributed by atoms with Gasteiger partial charge in [0.1, 0.15) is 17.5 Å². The summed E-state index contributed by atoms with van der Waals surface area (Å²) < 4.78 is 0. The van der Waals surface area contributed by atoms with Gasteiger partial charge < -0.3 is 10.2 Å². The van der Waals surface area contributed by atoms with Gasteiger partial charge in [0.25, 0.3) is 0 Å². The minimum absolute atomic E-state index is 0.599. The van der Waals surface area contributed by atoms with Crippen LogP contribution in [0.5, 0.6) is 0 Å². The average molecular weight is 262 g/mol. The smallest absolute Gasteiger partial charge is 0.136 e. The maximum absolute atomic E-state index is 4.73. The third-order valence-corrected chi connectivity index (χ3v) is 3.47. The first-order valence-corrected chi connectivity index (χ1v) is 7.58. The predicted molar refractivity (Wildman–Crippen MR) is 81.0 cm³/mol. The topological polar surface area (TPSA) is 41.0 Å². The second-order valence-electron chi connectivity index (χ2n) is 5.45. The van der Waals surface area contributed by atoms with Crippen LogP contribution in [0.3, 0.4) is 0 Å². The summed E-state index contributed by atoms with van der Waals surface area (Å²) in [7, 11) is 2.12. The molecule has 1 heterocycles. The first kappa shape index (κ1) is 14.1. The Morgan fingerprint density at radius 3 is 2.68 bits per heavy atom. The van der Waals surface area contributed by atoms with Crippen LogP contribution in [0.15, 0.2) is 6.07 Å². The van der Waals surface area contributed by atoms with Gasteiger partial charge in [0.2, 0.25) is 0 Å². The molecule has 2 rings (SSSR count). The third-order valence-electron chi connectivity index (χ3n) is 3.47. The summed E-state index contributed by atoms with van der Waals surface area (Å²) in [5.41, 5.74) is 0. The molecule has 4 heteroatoms. The van der Waals surface area contributed by atoms with Crippen LogP contribution in [-0.4, -0.2) is 30.1 Å². The maximum atomic E-state index is 4.73. The SMILES string of the molecule is CCCCN(C)c1cc(NCCC)nc(C2CC2)n1. The highest BCUT2D eigenvalue weighted by Gasteiger charge is 2.27. The van der Waals surface area contributed by atoms with E-state index in [0.717, 1.165) is 37.0 Å². The molecule has 1 aliphatic carbocycles. The highest BCUT2D eigenvalue weighted by molar-refractivity contribution is 5.49. The number of aromatic nitrogens is 2. The van der Waals surface area contributed by atoms with Crippen LogP contribution in [-0.2, 0) is 0 Å². The van der Waals surface area contributed by atoms with Crippen molar-refractivity contribution in [2.45, 2.75) is 51.9 Å². The van der Waals surface area contributed by atoms with Gasteiger partial charge in [-0.2, -0.15) is 0 Å². The van der Waals surface area contributed by atoms with E-state index in [4.69, 9.17) is 4.98 Å². The zero-order chi connectivity index (χ0) is 13.7. The van der Waals surface area contributed by atoms with Crippen molar-refractivity contribution in [3.05, 3.63) is 11.9 Å². The van der Waals surface area contributed by atoms with E-state index in [1.807, 2.05) is 0 Å². The Balaban J connectivity index is 2.13. The number of unbranched alkanes of at least 4 members (excludes halogenated alkanes) is 1. The Kier molecular flexibility index (Phi) is 5.00. The van der Waals surface area contributed by atoms with Crippen LogP contribution in [0, 0.1) is 0 Å². The fourth-order valence-corrected chi connectivity index (χ4v) is 2.03. The zero-order valence-electron chi connectivity index (χ0n) is 12.4. The molecule has 1 aromatic rings. The summed E-state index contributed by atoms with van der Waals surface area (Å²) in [4.78, 5) is 11.6. The molecule has 4 nitrogen and oxygen atoms in total. The standard InChI is InChI=1S/C15H26N4/c1-4-6-10-19(3)14-11-13(16-9-5-2)17-15(18-14)12-7-8-12/h11-12H,4-10H2,1-3H3,(H,16,17,18). The first-order valence-electron chi connectivity index (χ1n) is 7.58. The van der Waals surface area contributed by atoms with E-state index in [2.05, 4.69) is 42.2 Å². The fraction of sp³-hybridized carbons (Fsp3) is 0.733. The summed E-state index contributed by atoms with van der Waals surface area (Å²) in [6, 6.07) is 2.08. The van der Waals surface area contributed by atoms with Crippen molar-refractivity contribution >= 4 is 11.6 Å². The second-order valence-corrected chi connectivity index (χ2v) is 5.45. The van der Waals surface area contributed by atoms with Crippen molar-refractivity contribution in [3.8, 4) is 0 Å². The highest BCUT2D eigenvalue weighted by atomic mass is 15.2. The van der Waals surface area contributed by atoms with E-state index in [0.29, 0.717) is 5.92 Å². The molecule has 0 radical (unpaired) electrons. The molecule has 0 spiro atoms. The number of nitrogens with one attached hydrogen (secondary N) is 1. The predicted octanol–water partition coefficient (Wildman–Crippen LogP) is 3.41. The summed E-state index contributed by atoms with van der Waals surface area (Å²) >= 11 is 0. The molecule has 1 fully saturated rings. The van der Waals surface area contributed by atoms with Crippen LogP contribution >= 0.6 is 0 Å². The van der Waals surface area contributed by atoms with E-state index in [1.54, 1.807) is 0 Å². The lowest BCUT2D eigenvalue weighted by atomic mass is 10.3. The van der Waals surface area contributed by atoms with E-state index < -0.39 is 0 Å². The molecule has 106 valence electrons. The van der Waals surface area contributed by atoms with Crippen molar-refractivity contribution in [3.63, 3.8) is 0 Å². The molecule has 0 atom stereocenters. The molecule has 19 heavy (non-hydrogen) atoms. The highest BCUT2D eigenvalue weighted by Crippen LogP contribution is 2.39. The minimum Gasteiger partial charge on any atom is -0.370 e. The molecule has 0 saturated heterocycles. The number of hydrogen-bond acceptors (Lipinski definition) is 4. The normalized spacial score (nSPS) is 14.5. The quantitative estimate of drug-likeness (QED) is 0.779. The summed E-state index contributed by atoms with van der Waals surface area (Å²) in [6.07, 6.45) is 6.03. The van der Waals surface area contributed by atoms with Gasteiger partial charge in [-0.05, 0) is 25.7 Å². The molecule has 1 N–H and O–H groups in total. The molecule has 1 saturated carbocycles. The number of anilines is 2. The Labute approximate surface area is 116 Å². The van der Waals surface area contributed by atoms with Gasteiger partial charge in [-0.15, -0.1) is 0 Å². The van der Waals surface area contributed by atoms with Gasteiger partial charge >= 0.3 is 0 Å². The van der Waals surface area contributed by atoms with Crippen molar-refractivity contribution in [1.29, 1.82) is 0 Å². The van der Waals surface area contributed by atoms with Gasteiger partial charge in [-0.3, -0.25) is 0 Å². The Hall–Kier alpha value is -1.32. The summed E-state index contributed by atoms with van der Waals surface area (Å²) in [5.74, 6) is 3.67. The molecule has 1 aliphatic rings. The maximum Gasteiger partial charge on any atom is 0.136 e. The Bertz CT molecular complexity index is 401. The molecule has 0 aliphatic heterocycles. The fourth-order valence-electron chi connectivity index (χ4n) is 2.03. The van der Waals surface area contributed by atoms with Gasteiger partial charge in [0.15, 0.2) is 0 Å². The summed E-state index contributed by atoms with van der Waals surface area (Å²) in [6.45, 7) is 6.42. The van der Waals surface area contributed by atoms with Crippen LogP contribution < -0.4 is 10.2 Å². The average Bonchev–Trinajstić information content (AvgIpc) is 3.26.